The Kier molecular flexibility index (Phi) is 6.58. The van der Waals surface area contributed by atoms with E-state index in [1.165, 1.54) is 30.6 Å². The number of hydrazone groups is 1. The fraction of sp³-hybridized carbons (Fsp3) is 0.0667. The number of hydrogen-bond acceptors (Lipinski definition) is 5. The molecule has 0 bridgehead atoms. The molecule has 7 nitrogen and oxygen atoms in total. The van der Waals surface area contributed by atoms with Crippen LogP contribution in [0.3, 0.4) is 0 Å². The average molecular weight is 403 g/mol. The molecule has 0 spiro atoms. The van der Waals surface area contributed by atoms with Gasteiger partial charge in [0.1, 0.15) is 5.15 Å². The number of pyridine rings is 1. The van der Waals surface area contributed by atoms with Gasteiger partial charge in [0.15, 0.2) is 12.4 Å². The van der Waals surface area contributed by atoms with Gasteiger partial charge in [0.05, 0.1) is 21.8 Å². The molecular formula is C15H10Cl3N3O4. The molecule has 2 aromatic rings. The molecule has 130 valence electrons. The van der Waals surface area contributed by atoms with Gasteiger partial charge in [-0.05, 0) is 29.8 Å². The highest BCUT2D eigenvalue weighted by atomic mass is 35.5. The zero-order valence-electron chi connectivity index (χ0n) is 12.4. The van der Waals surface area contributed by atoms with Crippen molar-refractivity contribution < 1.29 is 19.4 Å². The van der Waals surface area contributed by atoms with Gasteiger partial charge in [-0.1, -0.05) is 34.8 Å². The molecule has 0 atom stereocenters. The lowest BCUT2D eigenvalue weighted by Gasteiger charge is -2.08. The van der Waals surface area contributed by atoms with Gasteiger partial charge in [0.25, 0.3) is 5.91 Å². The summed E-state index contributed by atoms with van der Waals surface area (Å²) in [5, 5.41) is 12.7. The van der Waals surface area contributed by atoms with Crippen LogP contribution in [0.5, 0.6) is 5.75 Å². The molecule has 2 N–H and O–H groups in total. The van der Waals surface area contributed by atoms with E-state index in [4.69, 9.17) is 44.6 Å². The van der Waals surface area contributed by atoms with Crippen LogP contribution in [0.25, 0.3) is 0 Å². The highest BCUT2D eigenvalue weighted by Gasteiger charge is 2.12. The summed E-state index contributed by atoms with van der Waals surface area (Å²) in [6.45, 7) is -0.575. The van der Waals surface area contributed by atoms with Crippen molar-refractivity contribution in [2.24, 2.45) is 5.10 Å². The van der Waals surface area contributed by atoms with Crippen LogP contribution in [-0.4, -0.2) is 34.8 Å². The molecule has 1 amide bonds. The number of nitrogens with one attached hydrogen (secondary N) is 1. The lowest BCUT2D eigenvalue weighted by Crippen LogP contribution is -2.18. The number of amides is 1. The number of carboxylic acids is 1. The summed E-state index contributed by atoms with van der Waals surface area (Å²) in [4.78, 5) is 26.2. The first-order valence-electron chi connectivity index (χ1n) is 6.66. The van der Waals surface area contributed by atoms with Crippen LogP contribution >= 0.6 is 34.8 Å². The molecule has 0 aliphatic rings. The molecule has 0 aliphatic carbocycles. The van der Waals surface area contributed by atoms with Gasteiger partial charge in [-0.2, -0.15) is 5.10 Å². The smallest absolute Gasteiger partial charge is 0.341 e. The molecule has 1 aromatic heterocycles. The number of benzene rings is 1. The number of carboxylic acid groups (broad SMARTS) is 1. The number of rotatable bonds is 6. The van der Waals surface area contributed by atoms with Crippen molar-refractivity contribution in [3.05, 3.63) is 56.8 Å². The maximum Gasteiger partial charge on any atom is 0.341 e. The second-order valence-corrected chi connectivity index (χ2v) is 5.71. The first kappa shape index (κ1) is 19.0. The van der Waals surface area contributed by atoms with Crippen molar-refractivity contribution >= 4 is 52.9 Å². The van der Waals surface area contributed by atoms with Gasteiger partial charge in [0.2, 0.25) is 0 Å². The molecule has 10 heteroatoms. The first-order valence-corrected chi connectivity index (χ1v) is 7.79. The molecule has 2 rings (SSSR count). The number of nitrogens with zero attached hydrogens (tertiary/aromatic N) is 2. The van der Waals surface area contributed by atoms with Crippen LogP contribution in [0.2, 0.25) is 15.2 Å². The van der Waals surface area contributed by atoms with Gasteiger partial charge in [0, 0.05) is 6.20 Å². The molecule has 0 saturated carbocycles. The Balaban J connectivity index is 2.07. The quantitative estimate of drug-likeness (QED) is 0.439. The fourth-order valence-electron chi connectivity index (χ4n) is 1.71. The summed E-state index contributed by atoms with van der Waals surface area (Å²) < 4.78 is 5.00. The lowest BCUT2D eigenvalue weighted by molar-refractivity contribution is -0.139. The number of carbonyl (C=O) groups is 2. The van der Waals surface area contributed by atoms with Crippen LogP contribution in [0, 0.1) is 0 Å². The average Bonchev–Trinajstić information content (AvgIpc) is 2.54. The Labute approximate surface area is 157 Å². The van der Waals surface area contributed by atoms with Crippen molar-refractivity contribution in [3.63, 3.8) is 0 Å². The van der Waals surface area contributed by atoms with E-state index in [1.54, 1.807) is 6.07 Å². The Morgan fingerprint density at radius 1 is 1.28 bits per heavy atom. The van der Waals surface area contributed by atoms with Crippen molar-refractivity contribution in [1.29, 1.82) is 0 Å². The minimum atomic E-state index is -1.16. The van der Waals surface area contributed by atoms with E-state index in [-0.39, 0.29) is 26.5 Å². The standard InChI is InChI=1S/C15H10Cl3N3O4/c16-10-4-8(5-11(17)13(10)25-7-12(22)23)6-20-21-15(24)9-2-1-3-19-14(9)18/h1-6H,7H2,(H,21,24)(H,22,23). The monoisotopic (exact) mass is 401 g/mol. The molecule has 1 aromatic carbocycles. The van der Waals surface area contributed by atoms with Gasteiger partial charge in [-0.25, -0.2) is 15.2 Å². The van der Waals surface area contributed by atoms with Crippen LogP contribution in [0.1, 0.15) is 15.9 Å². The first-order chi connectivity index (χ1) is 11.9. The van der Waals surface area contributed by atoms with Crippen molar-refractivity contribution in [3.8, 4) is 5.75 Å². The SMILES string of the molecule is O=C(O)COc1c(Cl)cc(C=NNC(=O)c2cccnc2Cl)cc1Cl. The summed E-state index contributed by atoms with van der Waals surface area (Å²) in [6.07, 6.45) is 2.77. The number of ether oxygens (including phenoxy) is 1. The topological polar surface area (TPSA) is 101 Å². The number of carbonyl (C=O) groups excluding carboxylic acids is 1. The highest BCUT2D eigenvalue weighted by Crippen LogP contribution is 2.33. The predicted molar refractivity (Wildman–Crippen MR) is 93.9 cm³/mol. The van der Waals surface area contributed by atoms with Crippen LogP contribution < -0.4 is 10.2 Å². The summed E-state index contributed by atoms with van der Waals surface area (Å²) in [5.74, 6) is -1.64. The number of hydrogen-bond donors (Lipinski definition) is 2. The van der Waals surface area contributed by atoms with Crippen molar-refractivity contribution in [2.45, 2.75) is 0 Å². The van der Waals surface area contributed by atoms with Gasteiger partial charge < -0.3 is 9.84 Å². The Morgan fingerprint density at radius 3 is 2.56 bits per heavy atom. The van der Waals surface area contributed by atoms with Gasteiger partial charge in [-0.3, -0.25) is 4.79 Å². The molecule has 0 fully saturated rings. The third kappa shape index (κ3) is 5.32. The zero-order chi connectivity index (χ0) is 18.4. The van der Waals surface area contributed by atoms with Crippen molar-refractivity contribution in [1.82, 2.24) is 10.4 Å². The highest BCUT2D eigenvalue weighted by molar-refractivity contribution is 6.37. The Hall–Kier alpha value is -2.35. The molecule has 0 unspecified atom stereocenters. The fourth-order valence-corrected chi connectivity index (χ4v) is 2.53. The summed E-state index contributed by atoms with van der Waals surface area (Å²) in [6, 6.07) is 5.98. The van der Waals surface area contributed by atoms with Crippen LogP contribution in [0.4, 0.5) is 0 Å². The zero-order valence-corrected chi connectivity index (χ0v) is 14.6. The largest absolute Gasteiger partial charge is 0.479 e. The van der Waals surface area contributed by atoms with E-state index in [1.807, 2.05) is 0 Å². The number of halogens is 3. The predicted octanol–water partition coefficient (Wildman–Crippen LogP) is 3.27. The van der Waals surface area contributed by atoms with E-state index >= 15 is 0 Å². The molecule has 0 radical (unpaired) electrons. The maximum atomic E-state index is 11.9. The molecule has 25 heavy (non-hydrogen) atoms. The molecule has 1 heterocycles. The number of aromatic nitrogens is 1. The Morgan fingerprint density at radius 2 is 1.96 bits per heavy atom. The Bertz CT molecular complexity index is 820. The van der Waals surface area contributed by atoms with E-state index < -0.39 is 18.5 Å². The minimum absolute atomic E-state index is 0.0501. The van der Waals surface area contributed by atoms with E-state index in [9.17, 15) is 9.59 Å². The maximum absolute atomic E-state index is 11.9. The van der Waals surface area contributed by atoms with Crippen LogP contribution in [0.15, 0.2) is 35.6 Å². The molecule has 0 aliphatic heterocycles. The minimum Gasteiger partial charge on any atom is -0.479 e. The lowest BCUT2D eigenvalue weighted by atomic mass is 10.2. The second kappa shape index (κ2) is 8.66. The third-order valence-electron chi connectivity index (χ3n) is 2.74. The normalized spacial score (nSPS) is 10.7. The van der Waals surface area contributed by atoms with Crippen LogP contribution in [-0.2, 0) is 4.79 Å². The second-order valence-electron chi connectivity index (χ2n) is 4.54. The summed E-state index contributed by atoms with van der Waals surface area (Å²) in [5.41, 5.74) is 2.94. The molecule has 0 saturated heterocycles. The van der Waals surface area contributed by atoms with E-state index in [0.717, 1.165) is 0 Å². The number of aliphatic carboxylic acids is 1. The molecular weight excluding hydrogens is 393 g/mol. The van der Waals surface area contributed by atoms with Gasteiger partial charge >= 0.3 is 5.97 Å². The summed E-state index contributed by atoms with van der Waals surface area (Å²) >= 11 is 17.8. The van der Waals surface area contributed by atoms with Crippen molar-refractivity contribution in [2.75, 3.05) is 6.61 Å². The van der Waals surface area contributed by atoms with Gasteiger partial charge in [-0.15, -0.1) is 0 Å². The third-order valence-corrected chi connectivity index (χ3v) is 3.61. The van der Waals surface area contributed by atoms with E-state index in [0.29, 0.717) is 5.56 Å². The van der Waals surface area contributed by atoms with E-state index in [2.05, 4.69) is 15.5 Å². The summed E-state index contributed by atoms with van der Waals surface area (Å²) in [7, 11) is 0.